The number of hydrogen-bond donors (Lipinski definition) is 1. The van der Waals surface area contributed by atoms with Crippen molar-refractivity contribution in [2.45, 2.75) is 19.9 Å². The Hall–Kier alpha value is -2.25. The highest BCUT2D eigenvalue weighted by molar-refractivity contribution is 7.09. The Morgan fingerprint density at radius 1 is 1.16 bits per heavy atom. The van der Waals surface area contributed by atoms with Gasteiger partial charge in [-0.15, -0.1) is 11.3 Å². The van der Waals surface area contributed by atoms with Crippen molar-refractivity contribution in [2.24, 2.45) is 5.73 Å². The van der Waals surface area contributed by atoms with Gasteiger partial charge < -0.3 is 15.5 Å². The summed E-state index contributed by atoms with van der Waals surface area (Å²) in [6.45, 7) is 4.55. The molecular weight excluding hydrogens is 336 g/mol. The first-order valence-electron chi connectivity index (χ1n) is 8.34. The number of piperazine rings is 1. The summed E-state index contributed by atoms with van der Waals surface area (Å²) in [6.07, 6.45) is 0.409. The molecule has 1 fully saturated rings. The number of nitrogens with two attached hydrogens (primary N) is 1. The van der Waals surface area contributed by atoms with Crippen LogP contribution in [0.5, 0.6) is 0 Å². The summed E-state index contributed by atoms with van der Waals surface area (Å²) in [4.78, 5) is 32.8. The lowest BCUT2D eigenvalue weighted by Crippen LogP contribution is -2.51. The molecule has 1 aromatic carbocycles. The van der Waals surface area contributed by atoms with Gasteiger partial charge in [-0.25, -0.2) is 4.98 Å². The number of hydrogen-bond acceptors (Lipinski definition) is 5. The van der Waals surface area contributed by atoms with Crippen LogP contribution in [-0.4, -0.2) is 52.8 Å². The lowest BCUT2D eigenvalue weighted by atomic mass is 10.1. The minimum Gasteiger partial charge on any atom is -0.339 e. The first-order chi connectivity index (χ1) is 12.1. The summed E-state index contributed by atoms with van der Waals surface area (Å²) in [5.41, 5.74) is 8.18. The van der Waals surface area contributed by atoms with Gasteiger partial charge in [-0.2, -0.15) is 0 Å². The Morgan fingerprint density at radius 3 is 2.48 bits per heavy atom. The summed E-state index contributed by atoms with van der Waals surface area (Å²) < 4.78 is 0. The van der Waals surface area contributed by atoms with Crippen LogP contribution < -0.4 is 5.73 Å². The fraction of sp³-hybridized carbons (Fsp3) is 0.389. The van der Waals surface area contributed by atoms with E-state index in [2.05, 4.69) is 4.98 Å². The third kappa shape index (κ3) is 4.05. The molecule has 0 saturated carbocycles. The molecule has 1 aromatic heterocycles. The average Bonchev–Trinajstić information content (AvgIpc) is 3.12. The molecule has 132 valence electrons. The molecule has 2 N–H and O–H groups in total. The fourth-order valence-electron chi connectivity index (χ4n) is 2.91. The monoisotopic (exact) mass is 358 g/mol. The number of aryl methyl sites for hydroxylation is 1. The van der Waals surface area contributed by atoms with Crippen molar-refractivity contribution in [2.75, 3.05) is 26.2 Å². The van der Waals surface area contributed by atoms with Gasteiger partial charge in [-0.1, -0.05) is 24.3 Å². The fourth-order valence-corrected chi connectivity index (χ4v) is 3.56. The predicted octanol–water partition coefficient (Wildman–Crippen LogP) is 1.44. The molecule has 25 heavy (non-hydrogen) atoms. The first kappa shape index (κ1) is 17.6. The largest absolute Gasteiger partial charge is 0.339 e. The first-order valence-corrected chi connectivity index (χ1v) is 9.22. The van der Waals surface area contributed by atoms with Crippen molar-refractivity contribution >= 4 is 23.2 Å². The van der Waals surface area contributed by atoms with Crippen molar-refractivity contribution in [3.63, 3.8) is 0 Å². The minimum absolute atomic E-state index is 0.0815. The molecule has 0 atom stereocenters. The quantitative estimate of drug-likeness (QED) is 0.897. The normalized spacial score (nSPS) is 14.6. The van der Waals surface area contributed by atoms with E-state index in [1.54, 1.807) is 10.3 Å². The molecule has 1 aliphatic rings. The summed E-state index contributed by atoms with van der Waals surface area (Å²) >= 11 is 1.40. The third-order valence-electron chi connectivity index (χ3n) is 4.47. The maximum absolute atomic E-state index is 12.5. The second kappa shape index (κ2) is 7.76. The Balaban J connectivity index is 1.55. The number of amides is 2. The van der Waals surface area contributed by atoms with Crippen LogP contribution >= 0.6 is 11.3 Å². The van der Waals surface area contributed by atoms with Crippen LogP contribution in [0, 0.1) is 6.92 Å². The number of benzene rings is 1. The highest BCUT2D eigenvalue weighted by Crippen LogP contribution is 2.14. The minimum atomic E-state index is -0.0815. The number of aromatic nitrogens is 1. The highest BCUT2D eigenvalue weighted by atomic mass is 32.1. The third-order valence-corrected chi connectivity index (χ3v) is 5.34. The molecule has 2 amide bonds. The van der Waals surface area contributed by atoms with E-state index in [1.165, 1.54) is 11.3 Å². The molecule has 6 nitrogen and oxygen atoms in total. The highest BCUT2D eigenvalue weighted by Gasteiger charge is 2.26. The predicted molar refractivity (Wildman–Crippen MR) is 97.4 cm³/mol. The molecular formula is C18H22N4O2S. The zero-order valence-corrected chi connectivity index (χ0v) is 15.1. The Morgan fingerprint density at radius 2 is 1.84 bits per heavy atom. The summed E-state index contributed by atoms with van der Waals surface area (Å²) in [5, 5.41) is 2.51. The molecule has 0 spiro atoms. The van der Waals surface area contributed by atoms with Crippen LogP contribution in [0.25, 0.3) is 0 Å². The molecule has 7 heteroatoms. The topological polar surface area (TPSA) is 79.5 Å². The maximum atomic E-state index is 12.5. The second-order valence-corrected chi connectivity index (χ2v) is 7.05. The molecule has 3 rings (SSSR count). The van der Waals surface area contributed by atoms with Gasteiger partial charge in [0.05, 0.1) is 6.42 Å². The standard InChI is InChI=1S/C18H22N4O2S/c1-13-4-2-3-5-14(13)10-17(23)21-6-8-22(9-7-21)18(24)15-12-25-16(11-19)20-15/h2-5,12H,6-11,19H2,1H3. The second-order valence-electron chi connectivity index (χ2n) is 6.11. The Bertz CT molecular complexity index is 766. The average molecular weight is 358 g/mol. The van der Waals surface area contributed by atoms with Gasteiger partial charge in [-0.05, 0) is 18.1 Å². The summed E-state index contributed by atoms with van der Waals surface area (Å²) in [6, 6.07) is 7.94. The molecule has 2 aromatic rings. The number of rotatable bonds is 4. The van der Waals surface area contributed by atoms with Crippen molar-refractivity contribution in [1.82, 2.24) is 14.8 Å². The molecule has 0 unspecified atom stereocenters. The molecule has 0 radical (unpaired) electrons. The number of carbonyl (C=O) groups is 2. The van der Waals surface area contributed by atoms with E-state index < -0.39 is 0 Å². The molecule has 1 aliphatic heterocycles. The van der Waals surface area contributed by atoms with Crippen LogP contribution in [-0.2, 0) is 17.8 Å². The lowest BCUT2D eigenvalue weighted by molar-refractivity contribution is -0.131. The van der Waals surface area contributed by atoms with Crippen molar-refractivity contribution in [3.8, 4) is 0 Å². The van der Waals surface area contributed by atoms with Crippen LogP contribution in [0.15, 0.2) is 29.6 Å². The van der Waals surface area contributed by atoms with E-state index in [1.807, 2.05) is 36.1 Å². The van der Waals surface area contributed by atoms with E-state index in [4.69, 9.17) is 5.73 Å². The smallest absolute Gasteiger partial charge is 0.273 e. The number of thiazole rings is 1. The van der Waals surface area contributed by atoms with E-state index in [-0.39, 0.29) is 11.8 Å². The Kier molecular flexibility index (Phi) is 5.45. The zero-order chi connectivity index (χ0) is 17.8. The van der Waals surface area contributed by atoms with Gasteiger partial charge in [0.15, 0.2) is 0 Å². The van der Waals surface area contributed by atoms with Crippen LogP contribution in [0.4, 0.5) is 0 Å². The van der Waals surface area contributed by atoms with Gasteiger partial charge >= 0.3 is 0 Å². The van der Waals surface area contributed by atoms with Gasteiger partial charge in [0, 0.05) is 38.1 Å². The lowest BCUT2D eigenvalue weighted by Gasteiger charge is -2.34. The van der Waals surface area contributed by atoms with Gasteiger partial charge in [0.25, 0.3) is 5.91 Å². The summed E-state index contributed by atoms with van der Waals surface area (Å²) in [7, 11) is 0. The van der Waals surface area contributed by atoms with E-state index in [0.717, 1.165) is 16.1 Å². The van der Waals surface area contributed by atoms with Gasteiger partial charge in [0.1, 0.15) is 10.7 Å². The zero-order valence-electron chi connectivity index (χ0n) is 14.3. The van der Waals surface area contributed by atoms with E-state index >= 15 is 0 Å². The van der Waals surface area contributed by atoms with Crippen LogP contribution in [0.2, 0.25) is 0 Å². The summed E-state index contributed by atoms with van der Waals surface area (Å²) in [5.74, 6) is 0.0300. The van der Waals surface area contributed by atoms with Crippen LogP contribution in [0.1, 0.15) is 26.6 Å². The van der Waals surface area contributed by atoms with Crippen molar-refractivity contribution in [3.05, 3.63) is 51.5 Å². The van der Waals surface area contributed by atoms with E-state index in [9.17, 15) is 9.59 Å². The van der Waals surface area contributed by atoms with E-state index in [0.29, 0.717) is 44.8 Å². The van der Waals surface area contributed by atoms with Crippen LogP contribution in [0.3, 0.4) is 0 Å². The van der Waals surface area contributed by atoms with Gasteiger partial charge in [-0.3, -0.25) is 9.59 Å². The number of nitrogens with zero attached hydrogens (tertiary/aromatic N) is 3. The molecule has 0 aliphatic carbocycles. The molecule has 1 saturated heterocycles. The maximum Gasteiger partial charge on any atom is 0.273 e. The molecule has 2 heterocycles. The molecule has 0 bridgehead atoms. The van der Waals surface area contributed by atoms with Crippen molar-refractivity contribution in [1.29, 1.82) is 0 Å². The van der Waals surface area contributed by atoms with Gasteiger partial charge in [0.2, 0.25) is 5.91 Å². The Labute approximate surface area is 151 Å². The van der Waals surface area contributed by atoms with Crippen molar-refractivity contribution < 1.29 is 9.59 Å². The number of carbonyl (C=O) groups excluding carboxylic acids is 2. The SMILES string of the molecule is Cc1ccccc1CC(=O)N1CCN(C(=O)c2csc(CN)n2)CC1.